The number of likely N-dealkylation sites (tertiary alicyclic amines) is 1. The summed E-state index contributed by atoms with van der Waals surface area (Å²) >= 11 is 1.62. The fourth-order valence-electron chi connectivity index (χ4n) is 4.23. The van der Waals surface area contributed by atoms with Crippen LogP contribution in [0.4, 0.5) is 4.79 Å². The Kier molecular flexibility index (Phi) is 7.07. The fraction of sp³-hybridized carbons (Fsp3) is 0.423. The van der Waals surface area contributed by atoms with Crippen molar-refractivity contribution >= 4 is 23.3 Å². The molecule has 3 heterocycles. The molecular weight excluding hydrogens is 448 g/mol. The molecule has 4 rings (SSSR count). The molecule has 0 bridgehead atoms. The molecule has 1 fully saturated rings. The number of nitrogens with one attached hydrogen (secondary N) is 1. The SMILES string of the molecule is Cc1cccc(-n2ncc(C(=O)NCc3cccs3)c2C2CCN(C(=O)OC(C)(C)C)CC2)c1. The minimum atomic E-state index is -0.522. The summed E-state index contributed by atoms with van der Waals surface area (Å²) in [6.45, 7) is 9.31. The van der Waals surface area contributed by atoms with Crippen LogP contribution < -0.4 is 5.32 Å². The Morgan fingerprint density at radius 1 is 1.18 bits per heavy atom. The molecule has 0 aliphatic carbocycles. The quantitative estimate of drug-likeness (QED) is 0.539. The second-order valence-corrected chi connectivity index (χ2v) is 10.7. The van der Waals surface area contributed by atoms with E-state index in [0.29, 0.717) is 25.2 Å². The van der Waals surface area contributed by atoms with Gasteiger partial charge < -0.3 is 15.0 Å². The molecule has 1 N–H and O–H groups in total. The van der Waals surface area contributed by atoms with E-state index in [0.717, 1.165) is 34.7 Å². The molecule has 1 aliphatic heterocycles. The minimum absolute atomic E-state index is 0.101. The molecule has 2 amide bonds. The number of benzene rings is 1. The van der Waals surface area contributed by atoms with E-state index in [1.165, 1.54) is 0 Å². The standard InChI is InChI=1S/C26H32N4O3S/c1-18-7-5-8-20(15-18)30-23(19-10-12-29(13-11-19)25(32)33-26(2,3)4)22(17-28-30)24(31)27-16-21-9-6-14-34-21/h5-9,14-15,17,19H,10-13,16H2,1-4H3,(H,27,31). The monoisotopic (exact) mass is 480 g/mol. The molecule has 0 unspecified atom stereocenters. The van der Waals surface area contributed by atoms with E-state index in [-0.39, 0.29) is 17.9 Å². The number of aromatic nitrogens is 2. The van der Waals surface area contributed by atoms with Gasteiger partial charge in [-0.2, -0.15) is 5.10 Å². The first-order chi connectivity index (χ1) is 16.2. The molecule has 1 aliphatic rings. The van der Waals surface area contributed by atoms with Gasteiger partial charge in [-0.25, -0.2) is 9.48 Å². The second-order valence-electron chi connectivity index (χ2n) is 9.70. The van der Waals surface area contributed by atoms with Crippen LogP contribution in [0.2, 0.25) is 0 Å². The van der Waals surface area contributed by atoms with Crippen molar-refractivity contribution in [1.29, 1.82) is 0 Å². The highest BCUT2D eigenvalue weighted by atomic mass is 32.1. The number of aryl methyl sites for hydroxylation is 1. The highest BCUT2D eigenvalue weighted by molar-refractivity contribution is 7.09. The van der Waals surface area contributed by atoms with Gasteiger partial charge in [-0.3, -0.25) is 4.79 Å². The van der Waals surface area contributed by atoms with Crippen LogP contribution in [0.5, 0.6) is 0 Å². The Morgan fingerprint density at radius 3 is 2.59 bits per heavy atom. The van der Waals surface area contributed by atoms with Crippen LogP contribution in [0.3, 0.4) is 0 Å². The summed E-state index contributed by atoms with van der Waals surface area (Å²) in [5, 5.41) is 9.67. The number of hydrogen-bond donors (Lipinski definition) is 1. The first kappa shape index (κ1) is 24.0. The van der Waals surface area contributed by atoms with Gasteiger partial charge in [0.15, 0.2) is 0 Å². The predicted octanol–water partition coefficient (Wildman–Crippen LogP) is 5.29. The van der Waals surface area contributed by atoms with E-state index in [2.05, 4.69) is 16.5 Å². The van der Waals surface area contributed by atoms with E-state index >= 15 is 0 Å². The Hall–Kier alpha value is -3.13. The van der Waals surface area contributed by atoms with Crippen molar-refractivity contribution in [1.82, 2.24) is 20.0 Å². The number of rotatable bonds is 5. The van der Waals surface area contributed by atoms with Gasteiger partial charge >= 0.3 is 6.09 Å². The number of carbonyl (C=O) groups is 2. The lowest BCUT2D eigenvalue weighted by molar-refractivity contribution is 0.0203. The summed E-state index contributed by atoms with van der Waals surface area (Å²) in [5.41, 5.74) is 3.03. The molecular formula is C26H32N4O3S. The first-order valence-electron chi connectivity index (χ1n) is 11.6. The van der Waals surface area contributed by atoms with Gasteiger partial charge in [0.1, 0.15) is 5.60 Å². The van der Waals surface area contributed by atoms with Crippen molar-refractivity contribution in [2.45, 2.75) is 58.6 Å². The average molecular weight is 481 g/mol. The van der Waals surface area contributed by atoms with Crippen LogP contribution in [0.25, 0.3) is 5.69 Å². The predicted molar refractivity (Wildman–Crippen MR) is 134 cm³/mol. The summed E-state index contributed by atoms with van der Waals surface area (Å²) in [6, 6.07) is 12.1. The van der Waals surface area contributed by atoms with Gasteiger partial charge in [0.2, 0.25) is 0 Å². The van der Waals surface area contributed by atoms with Gasteiger partial charge in [-0.05, 0) is 69.7 Å². The molecule has 0 spiro atoms. The first-order valence-corrected chi connectivity index (χ1v) is 12.5. The van der Waals surface area contributed by atoms with E-state index in [1.807, 2.05) is 68.1 Å². The van der Waals surface area contributed by atoms with Crippen LogP contribution in [-0.2, 0) is 11.3 Å². The maximum Gasteiger partial charge on any atom is 0.410 e. The van der Waals surface area contributed by atoms with Crippen molar-refractivity contribution < 1.29 is 14.3 Å². The third-order valence-corrected chi connectivity index (χ3v) is 6.71. The zero-order valence-electron chi connectivity index (χ0n) is 20.2. The number of hydrogen-bond acceptors (Lipinski definition) is 5. The third kappa shape index (κ3) is 5.67. The molecule has 8 heteroatoms. The molecule has 0 radical (unpaired) electrons. The van der Waals surface area contributed by atoms with Gasteiger partial charge in [0.25, 0.3) is 5.91 Å². The van der Waals surface area contributed by atoms with E-state index in [1.54, 1.807) is 22.4 Å². The molecule has 0 saturated carbocycles. The van der Waals surface area contributed by atoms with Crippen molar-refractivity contribution in [2.75, 3.05) is 13.1 Å². The molecule has 2 aromatic heterocycles. The summed E-state index contributed by atoms with van der Waals surface area (Å²) in [4.78, 5) is 28.6. The smallest absolute Gasteiger partial charge is 0.410 e. The summed E-state index contributed by atoms with van der Waals surface area (Å²) in [5.74, 6) is -0.0268. The van der Waals surface area contributed by atoms with E-state index in [9.17, 15) is 9.59 Å². The number of thiophene rings is 1. The normalized spacial score (nSPS) is 14.8. The van der Waals surface area contributed by atoms with Gasteiger partial charge in [0, 0.05) is 23.9 Å². The summed E-state index contributed by atoms with van der Waals surface area (Å²) < 4.78 is 7.43. The number of piperidine rings is 1. The number of amides is 2. The average Bonchev–Trinajstić information content (AvgIpc) is 3.46. The molecule has 1 aromatic carbocycles. The third-order valence-electron chi connectivity index (χ3n) is 5.83. The summed E-state index contributed by atoms with van der Waals surface area (Å²) in [7, 11) is 0. The highest BCUT2D eigenvalue weighted by Gasteiger charge is 2.32. The van der Waals surface area contributed by atoms with Crippen molar-refractivity contribution in [2.24, 2.45) is 0 Å². The number of carbonyl (C=O) groups excluding carboxylic acids is 2. The number of ether oxygens (including phenoxy) is 1. The Morgan fingerprint density at radius 2 is 1.94 bits per heavy atom. The zero-order chi connectivity index (χ0) is 24.3. The Balaban J connectivity index is 1.57. The van der Waals surface area contributed by atoms with E-state index < -0.39 is 5.60 Å². The molecule has 34 heavy (non-hydrogen) atoms. The van der Waals surface area contributed by atoms with Crippen LogP contribution in [-0.4, -0.2) is 45.4 Å². The van der Waals surface area contributed by atoms with Crippen molar-refractivity contribution in [3.8, 4) is 5.69 Å². The molecule has 1 saturated heterocycles. The van der Waals surface area contributed by atoms with Crippen molar-refractivity contribution in [3.05, 3.63) is 69.7 Å². The van der Waals surface area contributed by atoms with Crippen LogP contribution in [0.1, 0.15) is 66.0 Å². The van der Waals surface area contributed by atoms with Crippen molar-refractivity contribution in [3.63, 3.8) is 0 Å². The number of nitrogens with zero attached hydrogens (tertiary/aromatic N) is 3. The lowest BCUT2D eigenvalue weighted by atomic mass is 9.90. The molecule has 0 atom stereocenters. The lowest BCUT2D eigenvalue weighted by Gasteiger charge is -2.34. The maximum absolute atomic E-state index is 13.2. The zero-order valence-corrected chi connectivity index (χ0v) is 21.0. The van der Waals surface area contributed by atoms with E-state index in [4.69, 9.17) is 4.74 Å². The highest BCUT2D eigenvalue weighted by Crippen LogP contribution is 2.33. The van der Waals surface area contributed by atoms with Crippen LogP contribution in [0.15, 0.2) is 48.0 Å². The second kappa shape index (κ2) is 10.0. The lowest BCUT2D eigenvalue weighted by Crippen LogP contribution is -2.41. The van der Waals surface area contributed by atoms with Gasteiger partial charge in [-0.15, -0.1) is 11.3 Å². The molecule has 180 valence electrons. The van der Waals surface area contributed by atoms with Gasteiger partial charge in [-0.1, -0.05) is 18.2 Å². The largest absolute Gasteiger partial charge is 0.444 e. The van der Waals surface area contributed by atoms with Gasteiger partial charge in [0.05, 0.1) is 29.7 Å². The van der Waals surface area contributed by atoms with Crippen LogP contribution in [0, 0.1) is 6.92 Å². The molecule has 7 nitrogen and oxygen atoms in total. The Labute approximate surface area is 204 Å². The fourth-order valence-corrected chi connectivity index (χ4v) is 4.87. The minimum Gasteiger partial charge on any atom is -0.444 e. The summed E-state index contributed by atoms with van der Waals surface area (Å²) in [6.07, 6.45) is 2.86. The maximum atomic E-state index is 13.2. The topological polar surface area (TPSA) is 76.5 Å². The molecule has 3 aromatic rings. The Bertz CT molecular complexity index is 1140. The van der Waals surface area contributed by atoms with Crippen LogP contribution >= 0.6 is 11.3 Å².